The Hall–Kier alpha value is -4.35. The molecule has 0 unspecified atom stereocenters. The third kappa shape index (κ3) is 6.81. The average Bonchev–Trinajstić information content (AvgIpc) is 3.50. The summed E-state index contributed by atoms with van der Waals surface area (Å²) in [5.74, 6) is 1.54. The first-order valence-corrected chi connectivity index (χ1v) is 19.2. The molecular formula is C42H49F2N5O6. The Bertz CT molecular complexity index is 2170. The lowest BCUT2D eigenvalue weighted by atomic mass is 9.70. The van der Waals surface area contributed by atoms with Crippen LogP contribution < -0.4 is 14.4 Å². The van der Waals surface area contributed by atoms with Crippen molar-refractivity contribution in [3.63, 3.8) is 0 Å². The van der Waals surface area contributed by atoms with E-state index in [9.17, 15) is 10.2 Å². The zero-order chi connectivity index (χ0) is 38.7. The SMILES string of the molecule is C#Cc1c(F)ccc2cc(O)cc(-c3nc(OC)c4c(N5CCOC[C@@](C)(O)C5)nc(OC[C@]56CCC[C@H]5N(CC5CC(C)(OC)C5)CCC6)nc4c3F)c12. The van der Waals surface area contributed by atoms with Gasteiger partial charge in [-0.2, -0.15) is 9.97 Å². The van der Waals surface area contributed by atoms with E-state index in [-0.39, 0.29) is 87.3 Å². The van der Waals surface area contributed by atoms with Crippen LogP contribution in [0, 0.1) is 35.3 Å². The first kappa shape index (κ1) is 37.6. The normalized spacial score (nSPS) is 28.4. The van der Waals surface area contributed by atoms with Gasteiger partial charge in [0, 0.05) is 42.6 Å². The molecular weight excluding hydrogens is 708 g/mol. The van der Waals surface area contributed by atoms with Crippen LogP contribution in [0.3, 0.4) is 0 Å². The fourth-order valence-corrected chi connectivity index (χ4v) is 9.89. The number of halogens is 2. The molecule has 55 heavy (non-hydrogen) atoms. The summed E-state index contributed by atoms with van der Waals surface area (Å²) in [4.78, 5) is 18.7. The van der Waals surface area contributed by atoms with Crippen molar-refractivity contribution in [3.05, 3.63) is 41.5 Å². The summed E-state index contributed by atoms with van der Waals surface area (Å²) >= 11 is 0. The Kier molecular flexibility index (Phi) is 9.77. The molecule has 2 saturated heterocycles. The van der Waals surface area contributed by atoms with Crippen LogP contribution in [0.15, 0.2) is 24.3 Å². The lowest BCUT2D eigenvalue weighted by Crippen LogP contribution is -2.55. The Morgan fingerprint density at radius 1 is 1.05 bits per heavy atom. The number of β-amino-alcohol motifs (C(OH)–C–C–N with tert-alkyl or cyclic N) is 1. The Labute approximate surface area is 320 Å². The van der Waals surface area contributed by atoms with Gasteiger partial charge in [0.15, 0.2) is 5.82 Å². The summed E-state index contributed by atoms with van der Waals surface area (Å²) in [7, 11) is 3.20. The lowest BCUT2D eigenvalue weighted by molar-refractivity contribution is -0.106. The number of ether oxygens (including phenoxy) is 4. The zero-order valence-corrected chi connectivity index (χ0v) is 32.0. The maximum absolute atomic E-state index is 17.3. The molecule has 4 aromatic rings. The summed E-state index contributed by atoms with van der Waals surface area (Å²) in [6.07, 6.45) is 13.1. The van der Waals surface area contributed by atoms with Crippen molar-refractivity contribution < 1.29 is 37.9 Å². The van der Waals surface area contributed by atoms with Gasteiger partial charge in [-0.05, 0) is 88.4 Å². The predicted octanol–water partition coefficient (Wildman–Crippen LogP) is 6.23. The molecule has 2 aliphatic carbocycles. The van der Waals surface area contributed by atoms with E-state index in [2.05, 4.69) is 22.7 Å². The van der Waals surface area contributed by atoms with E-state index in [0.717, 1.165) is 58.0 Å². The van der Waals surface area contributed by atoms with Crippen LogP contribution in [-0.4, -0.2) is 108 Å². The van der Waals surface area contributed by atoms with E-state index >= 15 is 8.78 Å². The molecule has 0 radical (unpaired) electrons. The number of fused-ring (bicyclic) bond motifs is 3. The van der Waals surface area contributed by atoms with Gasteiger partial charge < -0.3 is 34.1 Å². The molecule has 4 fully saturated rings. The topological polar surface area (TPSA) is 123 Å². The van der Waals surface area contributed by atoms with Crippen LogP contribution in [0.25, 0.3) is 32.9 Å². The molecule has 2 aromatic carbocycles. The number of terminal acetylenes is 1. The van der Waals surface area contributed by atoms with Gasteiger partial charge in [0.1, 0.15) is 39.6 Å². The molecule has 0 spiro atoms. The molecule has 13 heteroatoms. The largest absolute Gasteiger partial charge is 0.508 e. The quantitative estimate of drug-likeness (QED) is 0.189. The molecule has 0 bridgehead atoms. The highest BCUT2D eigenvalue weighted by Gasteiger charge is 2.50. The van der Waals surface area contributed by atoms with E-state index < -0.39 is 17.2 Å². The second-order valence-corrected chi connectivity index (χ2v) is 16.6. The van der Waals surface area contributed by atoms with Crippen molar-refractivity contribution in [2.45, 2.75) is 76.0 Å². The number of anilines is 1. The summed E-state index contributed by atoms with van der Waals surface area (Å²) in [5.41, 5.74) is -1.79. The molecule has 4 heterocycles. The smallest absolute Gasteiger partial charge is 0.319 e. The Morgan fingerprint density at radius 3 is 2.62 bits per heavy atom. The fourth-order valence-electron chi connectivity index (χ4n) is 9.89. The number of phenolic OH excluding ortho intramolecular Hbond substituents is 1. The average molecular weight is 758 g/mol. The summed E-state index contributed by atoms with van der Waals surface area (Å²) < 4.78 is 56.3. The molecule has 0 amide bonds. The van der Waals surface area contributed by atoms with E-state index in [1.165, 1.54) is 31.4 Å². The monoisotopic (exact) mass is 757 g/mol. The highest BCUT2D eigenvalue weighted by atomic mass is 19.1. The van der Waals surface area contributed by atoms with Crippen molar-refractivity contribution in [1.82, 2.24) is 19.9 Å². The van der Waals surface area contributed by atoms with Crippen molar-refractivity contribution in [3.8, 4) is 41.2 Å². The molecule has 2 aliphatic heterocycles. The summed E-state index contributed by atoms with van der Waals surface area (Å²) in [5, 5.41) is 22.7. The van der Waals surface area contributed by atoms with Gasteiger partial charge in [-0.15, -0.1) is 6.42 Å². The van der Waals surface area contributed by atoms with E-state index in [0.29, 0.717) is 30.5 Å². The molecule has 292 valence electrons. The highest BCUT2D eigenvalue weighted by molar-refractivity contribution is 6.04. The fraction of sp³-hybridized carbons (Fsp3) is 0.548. The minimum atomic E-state index is -1.24. The molecule has 2 aromatic heterocycles. The van der Waals surface area contributed by atoms with Crippen molar-refractivity contribution in [1.29, 1.82) is 0 Å². The number of aromatic hydroxyl groups is 1. The van der Waals surface area contributed by atoms with Crippen molar-refractivity contribution >= 4 is 27.5 Å². The minimum Gasteiger partial charge on any atom is -0.508 e. The summed E-state index contributed by atoms with van der Waals surface area (Å²) in [6, 6.07) is 5.74. The van der Waals surface area contributed by atoms with Crippen molar-refractivity contribution in [2.75, 3.05) is 65.1 Å². The minimum absolute atomic E-state index is 0.00847. The highest BCUT2D eigenvalue weighted by Crippen LogP contribution is 2.50. The number of methoxy groups -OCH3 is 2. The van der Waals surface area contributed by atoms with Crippen LogP contribution in [0.1, 0.15) is 64.4 Å². The van der Waals surface area contributed by atoms with Gasteiger partial charge in [-0.1, -0.05) is 18.4 Å². The number of pyridine rings is 1. The number of aromatic nitrogens is 3. The number of benzene rings is 2. The number of aliphatic hydroxyl groups is 1. The van der Waals surface area contributed by atoms with Crippen LogP contribution in [0.4, 0.5) is 14.6 Å². The second-order valence-electron chi connectivity index (χ2n) is 16.6. The molecule has 3 atom stereocenters. The van der Waals surface area contributed by atoms with Crippen LogP contribution in [0.5, 0.6) is 17.6 Å². The number of phenols is 1. The van der Waals surface area contributed by atoms with Crippen LogP contribution in [0.2, 0.25) is 0 Å². The van der Waals surface area contributed by atoms with Gasteiger partial charge in [0.05, 0.1) is 44.6 Å². The van der Waals surface area contributed by atoms with E-state index in [4.69, 9.17) is 35.3 Å². The number of nitrogens with zero attached hydrogens (tertiary/aromatic N) is 5. The Morgan fingerprint density at radius 2 is 1.85 bits per heavy atom. The van der Waals surface area contributed by atoms with Crippen LogP contribution in [-0.2, 0) is 9.47 Å². The standard InChI is InChI=1S/C42H49F2N5O6/c1-6-28-30(43)11-10-26-17-27(50)18-29(32(26)28)35-34(44)36-33(38(45-35)52-4)37(49-15-16-54-23-40(2,51)22-49)47-39(46-36)55-24-42-12-7-9-31(42)48(14-8-13-42)21-25-19-41(3,20-25)53-5/h1,10-11,17-18,25,31,50-51H,7-9,12-16,19-24H2,2-5H3/t25?,31-,40+,41?,42-/m1/s1. The van der Waals surface area contributed by atoms with E-state index in [1.54, 1.807) is 14.0 Å². The number of hydrogen-bond donors (Lipinski definition) is 2. The third-order valence-corrected chi connectivity index (χ3v) is 12.4. The first-order chi connectivity index (χ1) is 26.4. The van der Waals surface area contributed by atoms with Gasteiger partial charge in [0.2, 0.25) is 5.88 Å². The maximum Gasteiger partial charge on any atom is 0.319 e. The molecule has 2 saturated carbocycles. The number of hydrogen-bond acceptors (Lipinski definition) is 11. The number of rotatable bonds is 9. The van der Waals surface area contributed by atoms with Gasteiger partial charge in [0.25, 0.3) is 0 Å². The van der Waals surface area contributed by atoms with Crippen LogP contribution >= 0.6 is 0 Å². The zero-order valence-electron chi connectivity index (χ0n) is 32.0. The predicted molar refractivity (Wildman–Crippen MR) is 205 cm³/mol. The van der Waals surface area contributed by atoms with Gasteiger partial charge >= 0.3 is 6.01 Å². The molecule has 8 rings (SSSR count). The summed E-state index contributed by atoms with van der Waals surface area (Å²) in [6.45, 7) is 7.15. The van der Waals surface area contributed by atoms with Gasteiger partial charge in [-0.25, -0.2) is 13.8 Å². The molecule has 2 N–H and O–H groups in total. The van der Waals surface area contributed by atoms with Crippen molar-refractivity contribution in [2.24, 2.45) is 11.3 Å². The molecule has 4 aliphatic rings. The maximum atomic E-state index is 17.3. The van der Waals surface area contributed by atoms with Gasteiger partial charge in [-0.3, -0.25) is 4.90 Å². The first-order valence-electron chi connectivity index (χ1n) is 19.2. The lowest BCUT2D eigenvalue weighted by Gasteiger charge is -2.51. The second kappa shape index (κ2) is 14.3. The number of likely N-dealkylation sites (tertiary alicyclic amines) is 1. The Balaban J connectivity index is 1.22. The third-order valence-electron chi connectivity index (χ3n) is 12.4. The number of piperidine rings is 1. The van der Waals surface area contributed by atoms with E-state index in [1.807, 2.05) is 4.90 Å². The molecule has 11 nitrogen and oxygen atoms in total.